The van der Waals surface area contributed by atoms with E-state index in [1.807, 2.05) is 26.8 Å². The van der Waals surface area contributed by atoms with Gasteiger partial charge in [0, 0.05) is 0 Å². The Morgan fingerprint density at radius 2 is 1.71 bits per heavy atom. The third-order valence-electron chi connectivity index (χ3n) is 2.13. The summed E-state index contributed by atoms with van der Waals surface area (Å²) in [6.07, 6.45) is 6.60. The van der Waals surface area contributed by atoms with Crippen LogP contribution in [0.5, 0.6) is 0 Å². The number of allylic oxidation sites excluding steroid dienone is 3. The zero-order valence-corrected chi connectivity index (χ0v) is 12.1. The minimum Gasteiger partial charge on any atom is -0.460 e. The monoisotopic (exact) mass is 238 g/mol. The Labute approximate surface area is 106 Å². The molecule has 2 nitrogen and oxygen atoms in total. The summed E-state index contributed by atoms with van der Waals surface area (Å²) >= 11 is 0. The van der Waals surface area contributed by atoms with Crippen LogP contribution in [0.25, 0.3) is 0 Å². The van der Waals surface area contributed by atoms with Crippen molar-refractivity contribution in [1.82, 2.24) is 0 Å². The molecule has 0 heterocycles. The lowest BCUT2D eigenvalue weighted by molar-refractivity contribution is -0.153. The van der Waals surface area contributed by atoms with Gasteiger partial charge in [-0.3, -0.25) is 4.79 Å². The van der Waals surface area contributed by atoms with E-state index >= 15 is 0 Å². The predicted molar refractivity (Wildman–Crippen MR) is 72.9 cm³/mol. The summed E-state index contributed by atoms with van der Waals surface area (Å²) in [7, 11) is 0. The third kappa shape index (κ3) is 11.2. The number of hydrogen-bond donors (Lipinski definition) is 0. The maximum absolute atomic E-state index is 11.5. The Morgan fingerprint density at radius 1 is 1.12 bits per heavy atom. The van der Waals surface area contributed by atoms with Crippen LogP contribution in [0.15, 0.2) is 23.3 Å². The largest absolute Gasteiger partial charge is 0.460 e. The molecule has 0 aliphatic carbocycles. The first-order chi connectivity index (χ1) is 7.70. The summed E-state index contributed by atoms with van der Waals surface area (Å²) in [5.74, 6) is -0.154. The van der Waals surface area contributed by atoms with Gasteiger partial charge in [-0.25, -0.2) is 0 Å². The van der Waals surface area contributed by atoms with Gasteiger partial charge in [0.1, 0.15) is 5.60 Å². The van der Waals surface area contributed by atoms with Crippen LogP contribution in [0.2, 0.25) is 0 Å². The predicted octanol–water partition coefficient (Wildman–Crippen LogP) is 4.41. The van der Waals surface area contributed by atoms with E-state index in [0.29, 0.717) is 6.42 Å². The molecule has 0 fully saturated rings. The molecule has 0 aromatic heterocycles. The van der Waals surface area contributed by atoms with Gasteiger partial charge >= 0.3 is 5.97 Å². The molecular weight excluding hydrogens is 212 g/mol. The molecule has 0 aliphatic rings. The van der Waals surface area contributed by atoms with Crippen LogP contribution in [-0.2, 0) is 9.53 Å². The standard InChI is InChI=1S/C15H26O2/c1-12(2)8-7-9-13(3)10-11-14(16)17-15(4,5)6/h8,10H,7,9,11H2,1-6H3/b13-10-. The molecule has 0 spiro atoms. The van der Waals surface area contributed by atoms with Crippen LogP contribution in [0, 0.1) is 0 Å². The van der Waals surface area contributed by atoms with Crippen molar-refractivity contribution in [1.29, 1.82) is 0 Å². The number of rotatable bonds is 5. The van der Waals surface area contributed by atoms with Gasteiger partial charge in [-0.15, -0.1) is 0 Å². The normalized spacial score (nSPS) is 12.2. The Hall–Kier alpha value is -1.05. The lowest BCUT2D eigenvalue weighted by atomic mass is 10.1. The van der Waals surface area contributed by atoms with Crippen molar-refractivity contribution in [2.75, 3.05) is 0 Å². The van der Waals surface area contributed by atoms with E-state index in [9.17, 15) is 4.79 Å². The van der Waals surface area contributed by atoms with E-state index in [-0.39, 0.29) is 11.6 Å². The molecule has 0 atom stereocenters. The van der Waals surface area contributed by atoms with Gasteiger partial charge in [0.25, 0.3) is 0 Å². The molecule has 0 saturated carbocycles. The van der Waals surface area contributed by atoms with E-state index in [0.717, 1.165) is 12.8 Å². The molecule has 0 amide bonds. The molecule has 17 heavy (non-hydrogen) atoms. The quantitative estimate of drug-likeness (QED) is 0.524. The van der Waals surface area contributed by atoms with Crippen molar-refractivity contribution in [3.8, 4) is 0 Å². The van der Waals surface area contributed by atoms with E-state index in [4.69, 9.17) is 4.74 Å². The highest BCUT2D eigenvalue weighted by atomic mass is 16.6. The number of carbonyl (C=O) groups excluding carboxylic acids is 1. The fourth-order valence-electron chi connectivity index (χ4n) is 1.33. The fraction of sp³-hybridized carbons (Fsp3) is 0.667. The van der Waals surface area contributed by atoms with Crippen molar-refractivity contribution < 1.29 is 9.53 Å². The lowest BCUT2D eigenvalue weighted by Crippen LogP contribution is -2.23. The number of ether oxygens (including phenoxy) is 1. The van der Waals surface area contributed by atoms with E-state index in [2.05, 4.69) is 26.8 Å². The zero-order valence-electron chi connectivity index (χ0n) is 12.1. The van der Waals surface area contributed by atoms with Gasteiger partial charge in [-0.2, -0.15) is 0 Å². The second-order valence-electron chi connectivity index (χ2n) is 5.66. The van der Waals surface area contributed by atoms with Crippen LogP contribution < -0.4 is 0 Å². The summed E-state index contributed by atoms with van der Waals surface area (Å²) in [5, 5.41) is 0. The van der Waals surface area contributed by atoms with Crippen LogP contribution >= 0.6 is 0 Å². The first kappa shape index (κ1) is 16.0. The highest BCUT2D eigenvalue weighted by molar-refractivity contribution is 5.71. The first-order valence-corrected chi connectivity index (χ1v) is 6.21. The van der Waals surface area contributed by atoms with E-state index < -0.39 is 0 Å². The Kier molecular flexibility index (Phi) is 6.86. The molecule has 0 N–H and O–H groups in total. The second kappa shape index (κ2) is 7.31. The number of carbonyl (C=O) groups is 1. The third-order valence-corrected chi connectivity index (χ3v) is 2.13. The van der Waals surface area contributed by atoms with Crippen molar-refractivity contribution in [2.24, 2.45) is 0 Å². The molecule has 0 radical (unpaired) electrons. The molecule has 0 aliphatic heterocycles. The van der Waals surface area contributed by atoms with Crippen molar-refractivity contribution in [3.63, 3.8) is 0 Å². The average Bonchev–Trinajstić information content (AvgIpc) is 2.11. The van der Waals surface area contributed by atoms with E-state index in [1.165, 1.54) is 11.1 Å². The Balaban J connectivity index is 3.99. The van der Waals surface area contributed by atoms with E-state index in [1.54, 1.807) is 0 Å². The highest BCUT2D eigenvalue weighted by Gasteiger charge is 2.14. The molecule has 0 rings (SSSR count). The Bertz CT molecular complexity index is 299. The topological polar surface area (TPSA) is 26.3 Å². The molecule has 0 aromatic carbocycles. The van der Waals surface area contributed by atoms with Crippen LogP contribution in [0.4, 0.5) is 0 Å². The van der Waals surface area contributed by atoms with Crippen molar-refractivity contribution in [3.05, 3.63) is 23.3 Å². The number of esters is 1. The first-order valence-electron chi connectivity index (χ1n) is 6.21. The van der Waals surface area contributed by atoms with Crippen LogP contribution in [-0.4, -0.2) is 11.6 Å². The molecule has 0 saturated heterocycles. The van der Waals surface area contributed by atoms with Crippen molar-refractivity contribution in [2.45, 2.75) is 66.4 Å². The molecule has 98 valence electrons. The van der Waals surface area contributed by atoms with Gasteiger partial charge in [0.15, 0.2) is 0 Å². The van der Waals surface area contributed by atoms with Crippen molar-refractivity contribution >= 4 is 5.97 Å². The molecule has 0 unspecified atom stereocenters. The maximum atomic E-state index is 11.5. The molecular formula is C15H26O2. The minimum atomic E-state index is -0.388. The van der Waals surface area contributed by atoms with Gasteiger partial charge in [0.2, 0.25) is 0 Å². The lowest BCUT2D eigenvalue weighted by Gasteiger charge is -2.18. The smallest absolute Gasteiger partial charge is 0.310 e. The summed E-state index contributed by atoms with van der Waals surface area (Å²) < 4.78 is 5.24. The SMILES string of the molecule is CC(C)=CCC/C(C)=C\CC(=O)OC(C)(C)C. The highest BCUT2D eigenvalue weighted by Crippen LogP contribution is 2.11. The summed E-state index contributed by atoms with van der Waals surface area (Å²) in [4.78, 5) is 11.5. The number of hydrogen-bond acceptors (Lipinski definition) is 2. The van der Waals surface area contributed by atoms with Gasteiger partial charge in [-0.05, 0) is 54.4 Å². The van der Waals surface area contributed by atoms with Crippen LogP contribution in [0.1, 0.15) is 60.8 Å². The maximum Gasteiger partial charge on any atom is 0.310 e. The van der Waals surface area contributed by atoms with Gasteiger partial charge in [0.05, 0.1) is 6.42 Å². The zero-order chi connectivity index (χ0) is 13.5. The molecule has 0 bridgehead atoms. The minimum absolute atomic E-state index is 0.154. The summed E-state index contributed by atoms with van der Waals surface area (Å²) in [6, 6.07) is 0. The summed E-state index contributed by atoms with van der Waals surface area (Å²) in [5.41, 5.74) is 2.19. The molecule has 0 aromatic rings. The summed E-state index contributed by atoms with van der Waals surface area (Å²) in [6.45, 7) is 11.9. The fourth-order valence-corrected chi connectivity index (χ4v) is 1.33. The Morgan fingerprint density at radius 3 is 2.18 bits per heavy atom. The average molecular weight is 238 g/mol. The second-order valence-corrected chi connectivity index (χ2v) is 5.66. The van der Waals surface area contributed by atoms with Gasteiger partial charge in [-0.1, -0.05) is 23.3 Å². The molecule has 2 heteroatoms. The van der Waals surface area contributed by atoms with Gasteiger partial charge < -0.3 is 4.74 Å². The van der Waals surface area contributed by atoms with Crippen LogP contribution in [0.3, 0.4) is 0 Å².